The molecular formula is C37H42N4O2. The lowest BCUT2D eigenvalue weighted by Gasteiger charge is -2.38. The third kappa shape index (κ3) is 7.33. The minimum atomic E-state index is -0.189. The van der Waals surface area contributed by atoms with Crippen molar-refractivity contribution < 1.29 is 9.59 Å². The highest BCUT2D eigenvalue weighted by Crippen LogP contribution is 2.31. The normalized spacial score (nSPS) is 13.7. The van der Waals surface area contributed by atoms with E-state index in [1.54, 1.807) is 29.2 Å². The van der Waals surface area contributed by atoms with Crippen LogP contribution in [-0.4, -0.2) is 56.5 Å². The molecule has 1 aliphatic rings. The van der Waals surface area contributed by atoms with E-state index in [2.05, 4.69) is 35.0 Å². The average molecular weight is 575 g/mol. The second-order valence-electron chi connectivity index (χ2n) is 11.8. The Balaban J connectivity index is 1.25. The number of para-hydroxylation sites is 2. The van der Waals surface area contributed by atoms with Crippen molar-refractivity contribution in [3.05, 3.63) is 114 Å². The van der Waals surface area contributed by atoms with Crippen LogP contribution in [0, 0.1) is 12.8 Å². The van der Waals surface area contributed by atoms with E-state index in [-0.39, 0.29) is 11.8 Å². The first-order chi connectivity index (χ1) is 20.8. The molecule has 222 valence electrons. The summed E-state index contributed by atoms with van der Waals surface area (Å²) in [6.45, 7) is 11.7. The monoisotopic (exact) mass is 574 g/mol. The van der Waals surface area contributed by atoms with Crippen molar-refractivity contribution in [1.29, 1.82) is 0 Å². The van der Waals surface area contributed by atoms with Crippen LogP contribution < -0.4 is 15.1 Å². The zero-order valence-electron chi connectivity index (χ0n) is 25.7. The lowest BCUT2D eigenvalue weighted by atomic mass is 9.98. The number of hydrogen-bond donors (Lipinski definition) is 1. The first-order valence-electron chi connectivity index (χ1n) is 15.2. The number of amides is 2. The maximum absolute atomic E-state index is 13.6. The molecule has 1 aliphatic heterocycles. The summed E-state index contributed by atoms with van der Waals surface area (Å²) in [4.78, 5) is 33.5. The zero-order chi connectivity index (χ0) is 30.3. The molecule has 0 spiro atoms. The largest absolute Gasteiger partial charge is 0.367 e. The molecule has 1 N–H and O–H groups in total. The van der Waals surface area contributed by atoms with Crippen LogP contribution >= 0.6 is 0 Å². The van der Waals surface area contributed by atoms with Crippen molar-refractivity contribution >= 4 is 28.9 Å². The van der Waals surface area contributed by atoms with Gasteiger partial charge in [-0.3, -0.25) is 14.5 Å². The summed E-state index contributed by atoms with van der Waals surface area (Å²) in [5.74, 6) is 0.431. The molecule has 43 heavy (non-hydrogen) atoms. The third-order valence-corrected chi connectivity index (χ3v) is 8.21. The second kappa shape index (κ2) is 13.7. The SMILES string of the molecule is Cc1ccc(-c2ccccc2C(=O)Nc2ccc(C(=O)N(C)c3ccccc3N3CCN(CCC(C)C)CC3)cc2)cc1. The number of piperazine rings is 1. The Morgan fingerprint density at radius 2 is 1.47 bits per heavy atom. The minimum absolute atomic E-state index is 0.0920. The Morgan fingerprint density at radius 1 is 0.814 bits per heavy atom. The molecule has 4 aromatic carbocycles. The van der Waals surface area contributed by atoms with Gasteiger partial charge in [-0.05, 0) is 79.4 Å². The summed E-state index contributed by atoms with van der Waals surface area (Å²) in [7, 11) is 1.83. The molecule has 0 aliphatic carbocycles. The summed E-state index contributed by atoms with van der Waals surface area (Å²) in [6.07, 6.45) is 1.22. The number of rotatable bonds is 9. The fourth-order valence-electron chi connectivity index (χ4n) is 5.53. The van der Waals surface area contributed by atoms with Gasteiger partial charge >= 0.3 is 0 Å². The minimum Gasteiger partial charge on any atom is -0.367 e. The number of carbonyl (C=O) groups excluding carboxylic acids is 2. The van der Waals surface area contributed by atoms with Gasteiger partial charge in [0.15, 0.2) is 0 Å². The molecule has 0 bridgehead atoms. The van der Waals surface area contributed by atoms with Crippen molar-refractivity contribution in [2.45, 2.75) is 27.2 Å². The highest BCUT2D eigenvalue weighted by atomic mass is 16.2. The Labute approximate surface area is 255 Å². The Hall–Kier alpha value is -4.42. The Morgan fingerprint density at radius 3 is 2.16 bits per heavy atom. The molecule has 5 rings (SSSR count). The Kier molecular flexibility index (Phi) is 9.58. The van der Waals surface area contributed by atoms with Gasteiger partial charge in [0.1, 0.15) is 0 Å². The fourth-order valence-corrected chi connectivity index (χ4v) is 5.53. The summed E-state index contributed by atoms with van der Waals surface area (Å²) >= 11 is 0. The number of nitrogens with one attached hydrogen (secondary N) is 1. The molecule has 1 heterocycles. The van der Waals surface area contributed by atoms with E-state index in [1.165, 1.54) is 12.0 Å². The average Bonchev–Trinajstić information content (AvgIpc) is 3.04. The molecule has 1 fully saturated rings. The van der Waals surface area contributed by atoms with Gasteiger partial charge in [0, 0.05) is 50.0 Å². The van der Waals surface area contributed by atoms with Crippen molar-refractivity contribution in [2.24, 2.45) is 5.92 Å². The second-order valence-corrected chi connectivity index (χ2v) is 11.8. The highest BCUT2D eigenvalue weighted by Gasteiger charge is 2.23. The molecule has 0 aromatic heterocycles. The number of nitrogens with zero attached hydrogens (tertiary/aromatic N) is 3. The van der Waals surface area contributed by atoms with Crippen molar-refractivity contribution in [3.63, 3.8) is 0 Å². The van der Waals surface area contributed by atoms with Crippen LogP contribution in [0.15, 0.2) is 97.1 Å². The standard InChI is InChI=1S/C37H42N4O2/c1-27(2)21-22-40-23-25-41(26-24-40)35-12-8-7-11-34(35)39(4)37(43)30-17-19-31(20-18-30)38-36(42)33-10-6-5-9-32(33)29-15-13-28(3)14-16-29/h5-20,27H,21-26H2,1-4H3,(H,38,42). The molecule has 6 heteroatoms. The van der Waals surface area contributed by atoms with Crippen LogP contribution in [0.1, 0.15) is 46.5 Å². The van der Waals surface area contributed by atoms with E-state index >= 15 is 0 Å². The topological polar surface area (TPSA) is 55.9 Å². The number of aryl methyl sites for hydroxylation is 1. The van der Waals surface area contributed by atoms with Crippen molar-refractivity contribution in [3.8, 4) is 11.1 Å². The van der Waals surface area contributed by atoms with Crippen LogP contribution in [-0.2, 0) is 0 Å². The van der Waals surface area contributed by atoms with E-state index in [4.69, 9.17) is 0 Å². The lowest BCUT2D eigenvalue weighted by Crippen LogP contribution is -2.47. The summed E-state index contributed by atoms with van der Waals surface area (Å²) in [5, 5.41) is 3.00. The van der Waals surface area contributed by atoms with E-state index < -0.39 is 0 Å². The first-order valence-corrected chi connectivity index (χ1v) is 15.2. The first kappa shape index (κ1) is 30.1. The lowest BCUT2D eigenvalue weighted by molar-refractivity contribution is 0.0991. The van der Waals surface area contributed by atoms with Crippen LogP contribution in [0.25, 0.3) is 11.1 Å². The van der Waals surface area contributed by atoms with E-state index in [9.17, 15) is 9.59 Å². The van der Waals surface area contributed by atoms with Gasteiger partial charge in [0.2, 0.25) is 0 Å². The van der Waals surface area contributed by atoms with Gasteiger partial charge in [0.05, 0.1) is 11.4 Å². The van der Waals surface area contributed by atoms with E-state index in [0.717, 1.165) is 55.2 Å². The summed E-state index contributed by atoms with van der Waals surface area (Å²) < 4.78 is 0. The summed E-state index contributed by atoms with van der Waals surface area (Å²) in [6, 6.07) is 31.0. The summed E-state index contributed by atoms with van der Waals surface area (Å²) in [5.41, 5.74) is 6.82. The number of anilines is 3. The quantitative estimate of drug-likeness (QED) is 0.227. The van der Waals surface area contributed by atoms with E-state index in [1.807, 2.05) is 80.7 Å². The Bertz CT molecular complexity index is 1540. The third-order valence-electron chi connectivity index (χ3n) is 8.21. The van der Waals surface area contributed by atoms with Crippen LogP contribution in [0.5, 0.6) is 0 Å². The van der Waals surface area contributed by atoms with Crippen molar-refractivity contribution in [1.82, 2.24) is 4.90 Å². The van der Waals surface area contributed by atoms with Gasteiger partial charge in [0.25, 0.3) is 11.8 Å². The molecule has 2 amide bonds. The van der Waals surface area contributed by atoms with Gasteiger partial charge in [-0.25, -0.2) is 0 Å². The fraction of sp³-hybridized carbons (Fsp3) is 0.297. The van der Waals surface area contributed by atoms with Gasteiger partial charge in [-0.2, -0.15) is 0 Å². The maximum atomic E-state index is 13.6. The molecular weight excluding hydrogens is 532 g/mol. The van der Waals surface area contributed by atoms with Crippen molar-refractivity contribution in [2.75, 3.05) is 54.9 Å². The van der Waals surface area contributed by atoms with Crippen LogP contribution in [0.2, 0.25) is 0 Å². The maximum Gasteiger partial charge on any atom is 0.258 e. The van der Waals surface area contributed by atoms with Crippen LogP contribution in [0.4, 0.5) is 17.1 Å². The highest BCUT2D eigenvalue weighted by molar-refractivity contribution is 6.10. The number of benzene rings is 4. The number of hydrogen-bond acceptors (Lipinski definition) is 4. The molecule has 4 aromatic rings. The van der Waals surface area contributed by atoms with Gasteiger partial charge in [-0.15, -0.1) is 0 Å². The van der Waals surface area contributed by atoms with Crippen LogP contribution in [0.3, 0.4) is 0 Å². The molecule has 0 atom stereocenters. The molecule has 0 radical (unpaired) electrons. The van der Waals surface area contributed by atoms with Gasteiger partial charge in [-0.1, -0.05) is 74.0 Å². The van der Waals surface area contributed by atoms with E-state index in [0.29, 0.717) is 22.7 Å². The molecule has 6 nitrogen and oxygen atoms in total. The predicted molar refractivity (Wildman–Crippen MR) is 178 cm³/mol. The molecule has 0 unspecified atom stereocenters. The van der Waals surface area contributed by atoms with Gasteiger partial charge < -0.3 is 15.1 Å². The smallest absolute Gasteiger partial charge is 0.258 e. The molecule has 0 saturated carbocycles. The zero-order valence-corrected chi connectivity index (χ0v) is 25.7. The number of carbonyl (C=O) groups is 2. The predicted octanol–water partition coefficient (Wildman–Crippen LogP) is 7.36. The molecule has 1 saturated heterocycles.